The van der Waals surface area contributed by atoms with Gasteiger partial charge in [-0.05, 0) is 65.2 Å². The quantitative estimate of drug-likeness (QED) is 0.203. The van der Waals surface area contributed by atoms with Crippen LogP contribution in [-0.4, -0.2) is 22.4 Å². The summed E-state index contributed by atoms with van der Waals surface area (Å²) < 4.78 is 0. The van der Waals surface area contributed by atoms with E-state index in [4.69, 9.17) is 0 Å². The van der Waals surface area contributed by atoms with E-state index in [1.807, 2.05) is 12.2 Å². The van der Waals surface area contributed by atoms with Crippen LogP contribution in [0.1, 0.15) is 82.1 Å². The highest BCUT2D eigenvalue weighted by molar-refractivity contribution is 5.33. The molecule has 0 saturated carbocycles. The second kappa shape index (κ2) is 16.1. The van der Waals surface area contributed by atoms with Gasteiger partial charge in [0.05, 0.1) is 12.2 Å². The van der Waals surface area contributed by atoms with E-state index in [-0.39, 0.29) is 23.0 Å². The summed E-state index contributed by atoms with van der Waals surface area (Å²) in [6.07, 6.45) is 35.0. The molecule has 2 aliphatic carbocycles. The summed E-state index contributed by atoms with van der Waals surface area (Å²) in [4.78, 5) is 0. The first-order valence-corrected chi connectivity index (χ1v) is 15.4. The van der Waals surface area contributed by atoms with Crippen LogP contribution >= 0.6 is 0 Å². The average Bonchev–Trinajstić information content (AvgIpc) is 2.84. The van der Waals surface area contributed by atoms with Gasteiger partial charge in [0.2, 0.25) is 0 Å². The molecule has 228 valence electrons. The number of hydrogen-bond acceptors (Lipinski definition) is 2. The molecular weight excluding hydrogens is 512 g/mol. The Morgan fingerprint density at radius 3 is 1.21 bits per heavy atom. The number of aliphatic hydroxyl groups is 2. The summed E-state index contributed by atoms with van der Waals surface area (Å²) in [6.45, 7) is 21.6. The number of aliphatic hydroxyl groups excluding tert-OH is 2. The molecule has 0 aromatic heterocycles. The van der Waals surface area contributed by atoms with Crippen molar-refractivity contribution in [2.45, 2.75) is 94.3 Å². The van der Waals surface area contributed by atoms with Gasteiger partial charge in [-0.2, -0.15) is 0 Å². The average molecular weight is 569 g/mol. The van der Waals surface area contributed by atoms with Gasteiger partial charge in [0.15, 0.2) is 0 Å². The smallest absolute Gasteiger partial charge is 0.0729 e. The van der Waals surface area contributed by atoms with Crippen molar-refractivity contribution in [3.63, 3.8) is 0 Å². The van der Waals surface area contributed by atoms with Crippen molar-refractivity contribution in [2.75, 3.05) is 0 Å². The second-order valence-electron chi connectivity index (χ2n) is 13.8. The minimum atomic E-state index is -0.331. The fourth-order valence-electron chi connectivity index (χ4n) is 6.16. The third kappa shape index (κ3) is 11.7. The Morgan fingerprint density at radius 2 is 0.881 bits per heavy atom. The zero-order chi connectivity index (χ0) is 31.5. The van der Waals surface area contributed by atoms with Gasteiger partial charge < -0.3 is 10.2 Å². The van der Waals surface area contributed by atoms with Crippen molar-refractivity contribution in [3.05, 3.63) is 131 Å². The highest BCUT2D eigenvalue weighted by Gasteiger charge is 2.35. The topological polar surface area (TPSA) is 40.5 Å². The van der Waals surface area contributed by atoms with Gasteiger partial charge in [0.25, 0.3) is 0 Å². The second-order valence-corrected chi connectivity index (χ2v) is 13.8. The van der Waals surface area contributed by atoms with Gasteiger partial charge in [-0.15, -0.1) is 0 Å². The molecule has 4 atom stereocenters. The third-order valence-corrected chi connectivity index (χ3v) is 8.41. The zero-order valence-corrected chi connectivity index (χ0v) is 27.9. The van der Waals surface area contributed by atoms with Crippen LogP contribution in [0, 0.1) is 22.7 Å². The first kappa shape index (κ1) is 35.3. The van der Waals surface area contributed by atoms with E-state index >= 15 is 0 Å². The lowest BCUT2D eigenvalue weighted by Gasteiger charge is -2.38. The fraction of sp³-hybridized carbons (Fsp3) is 0.450. The minimum absolute atomic E-state index is 0.0574. The number of allylic oxidation sites excluding steroid dienone is 20. The molecule has 0 bridgehead atoms. The van der Waals surface area contributed by atoms with Crippen LogP contribution in [0.15, 0.2) is 131 Å². The third-order valence-electron chi connectivity index (χ3n) is 8.41. The number of rotatable bonds is 10. The molecule has 0 fully saturated rings. The van der Waals surface area contributed by atoms with Crippen LogP contribution in [0.2, 0.25) is 0 Å². The maximum absolute atomic E-state index is 10.1. The van der Waals surface area contributed by atoms with E-state index in [0.29, 0.717) is 11.8 Å². The molecule has 0 spiro atoms. The summed E-state index contributed by atoms with van der Waals surface area (Å²) in [7, 11) is 0. The maximum atomic E-state index is 10.1. The molecule has 0 aliphatic heterocycles. The van der Waals surface area contributed by atoms with Crippen LogP contribution in [0.25, 0.3) is 0 Å². The number of hydrogen-bond donors (Lipinski definition) is 2. The van der Waals surface area contributed by atoms with Crippen LogP contribution in [-0.2, 0) is 0 Å². The molecule has 0 heterocycles. The lowest BCUT2D eigenvalue weighted by atomic mass is 9.67. The van der Waals surface area contributed by atoms with Crippen molar-refractivity contribution >= 4 is 0 Å². The Hall–Kier alpha value is -2.94. The van der Waals surface area contributed by atoms with Gasteiger partial charge in [0, 0.05) is 11.8 Å². The lowest BCUT2D eigenvalue weighted by molar-refractivity contribution is 0.117. The van der Waals surface area contributed by atoms with Crippen molar-refractivity contribution in [1.29, 1.82) is 0 Å². The summed E-state index contributed by atoms with van der Waals surface area (Å²) in [5.41, 5.74) is 7.40. The minimum Gasteiger partial charge on any atom is -0.389 e. The maximum Gasteiger partial charge on any atom is 0.0729 e. The SMILES string of the molecule is CC1=C[C@@H](O)CC(C)(C)[C@@H]1/C=C/C(C)=C/C=C/C(C)=C/C=C/C=C(C)/C=C/C=C(C)/C=C/[C@@H]1C(C)=C[C@H](O)CC1(C)C. The molecule has 2 rings (SSSR count). The monoisotopic (exact) mass is 568 g/mol. The van der Waals surface area contributed by atoms with Crippen LogP contribution in [0.4, 0.5) is 0 Å². The van der Waals surface area contributed by atoms with Gasteiger partial charge >= 0.3 is 0 Å². The largest absolute Gasteiger partial charge is 0.389 e. The van der Waals surface area contributed by atoms with Gasteiger partial charge in [-0.3, -0.25) is 0 Å². The molecule has 0 saturated heterocycles. The molecule has 0 aromatic rings. The fourth-order valence-corrected chi connectivity index (χ4v) is 6.16. The van der Waals surface area contributed by atoms with Gasteiger partial charge in [-0.25, -0.2) is 0 Å². The molecule has 2 N–H and O–H groups in total. The van der Waals surface area contributed by atoms with E-state index in [0.717, 1.165) is 12.8 Å². The Bertz CT molecular complexity index is 1160. The Balaban J connectivity index is 1.89. The molecule has 2 heteroatoms. The highest BCUT2D eigenvalue weighted by Crippen LogP contribution is 2.42. The summed E-state index contributed by atoms with van der Waals surface area (Å²) in [6, 6.07) is 0. The Kier molecular flexibility index (Phi) is 13.5. The molecule has 0 unspecified atom stereocenters. The van der Waals surface area contributed by atoms with E-state index in [2.05, 4.69) is 154 Å². The first-order valence-electron chi connectivity index (χ1n) is 15.4. The normalized spacial score (nSPS) is 28.1. The Labute approximate surface area is 257 Å². The van der Waals surface area contributed by atoms with Crippen molar-refractivity contribution < 1.29 is 10.2 Å². The molecule has 42 heavy (non-hydrogen) atoms. The predicted octanol–water partition coefficient (Wildman–Crippen LogP) is 10.3. The van der Waals surface area contributed by atoms with Crippen LogP contribution in [0.3, 0.4) is 0 Å². The van der Waals surface area contributed by atoms with E-state index in [9.17, 15) is 10.2 Å². The summed E-state index contributed by atoms with van der Waals surface area (Å²) in [5, 5.41) is 20.1. The molecule has 0 radical (unpaired) electrons. The summed E-state index contributed by atoms with van der Waals surface area (Å²) in [5.74, 6) is 0.696. The van der Waals surface area contributed by atoms with Crippen molar-refractivity contribution in [2.24, 2.45) is 22.7 Å². The molecular formula is C40H56O2. The molecule has 0 aromatic carbocycles. The standard InChI is InChI=1S/C40H56O2/c1-29(17-13-19-31(3)21-23-37-33(5)25-35(41)27-39(37,7)8)15-11-12-16-30(2)18-14-20-32(4)22-24-38-34(6)26-36(42)28-40(38,9)10/h11-26,35-38,41-42H,27-28H2,1-10H3/b12-11+,17-13+,18-14+,23-21+,24-22+,29-15+,30-16+,31-19+,32-20+/t35-,36+,37-,38-/m1/s1. The van der Waals surface area contributed by atoms with Crippen LogP contribution < -0.4 is 0 Å². The summed E-state index contributed by atoms with van der Waals surface area (Å²) >= 11 is 0. The molecule has 2 nitrogen and oxygen atoms in total. The first-order chi connectivity index (χ1) is 19.6. The van der Waals surface area contributed by atoms with Gasteiger partial charge in [0.1, 0.15) is 0 Å². The predicted molar refractivity (Wildman–Crippen MR) is 184 cm³/mol. The van der Waals surface area contributed by atoms with Gasteiger partial charge in [-0.1, -0.05) is 158 Å². The zero-order valence-electron chi connectivity index (χ0n) is 27.9. The van der Waals surface area contributed by atoms with E-state index < -0.39 is 0 Å². The van der Waals surface area contributed by atoms with Crippen LogP contribution in [0.5, 0.6) is 0 Å². The Morgan fingerprint density at radius 1 is 0.571 bits per heavy atom. The molecule has 2 aliphatic rings. The van der Waals surface area contributed by atoms with E-state index in [1.165, 1.54) is 33.4 Å². The van der Waals surface area contributed by atoms with Crippen molar-refractivity contribution in [1.82, 2.24) is 0 Å². The van der Waals surface area contributed by atoms with Crippen molar-refractivity contribution in [3.8, 4) is 0 Å². The molecule has 0 amide bonds. The lowest BCUT2D eigenvalue weighted by Crippen LogP contribution is -2.32. The van der Waals surface area contributed by atoms with E-state index in [1.54, 1.807) is 0 Å². The highest BCUT2D eigenvalue weighted by atomic mass is 16.3.